The van der Waals surface area contributed by atoms with E-state index in [1.54, 1.807) is 12.1 Å². The van der Waals surface area contributed by atoms with Gasteiger partial charge < -0.3 is 31.1 Å². The molecule has 10 heteroatoms. The summed E-state index contributed by atoms with van der Waals surface area (Å²) in [7, 11) is 1.47. The van der Waals surface area contributed by atoms with E-state index in [0.717, 1.165) is 25.9 Å². The molecule has 33 heavy (non-hydrogen) atoms. The fourth-order valence-corrected chi connectivity index (χ4v) is 4.12. The van der Waals surface area contributed by atoms with E-state index in [1.165, 1.54) is 31.4 Å². The average Bonchev–Trinajstić information content (AvgIpc) is 2.79. The zero-order valence-electron chi connectivity index (χ0n) is 18.3. The highest BCUT2D eigenvalue weighted by Crippen LogP contribution is 2.29. The Labute approximate surface area is 196 Å². The van der Waals surface area contributed by atoms with Crippen LogP contribution in [0.1, 0.15) is 34.8 Å². The summed E-state index contributed by atoms with van der Waals surface area (Å²) >= 11 is 6.05. The van der Waals surface area contributed by atoms with E-state index in [1.807, 2.05) is 0 Å². The molecule has 5 N–H and O–H groups in total. The fourth-order valence-electron chi connectivity index (χ4n) is 3.96. The van der Waals surface area contributed by atoms with E-state index in [9.17, 15) is 19.1 Å². The van der Waals surface area contributed by atoms with Crippen molar-refractivity contribution in [1.82, 2.24) is 15.5 Å². The topological polar surface area (TPSA) is 117 Å². The van der Waals surface area contributed by atoms with E-state index in [-0.39, 0.29) is 17.6 Å². The standard InChI is InChI=1S/C23H28ClFN4O4/c1-33-21-11-19(26)18(24)10-17(21)22(30)27-12-14-6-8-29(9-7-14)13-20(28-23(31)32)15-2-4-16(25)5-3-15/h2-5,10-11,14,20,28H,6-9,12-13,26H2,1H3,(H,27,30)(H,31,32). The molecule has 2 aromatic carbocycles. The lowest BCUT2D eigenvalue weighted by Crippen LogP contribution is -2.43. The second-order valence-corrected chi connectivity index (χ2v) is 8.49. The van der Waals surface area contributed by atoms with Gasteiger partial charge in [-0.05, 0) is 55.6 Å². The number of amides is 2. The van der Waals surface area contributed by atoms with Crippen LogP contribution in [0, 0.1) is 11.7 Å². The summed E-state index contributed by atoms with van der Waals surface area (Å²) in [5.41, 5.74) is 7.16. The lowest BCUT2D eigenvalue weighted by Gasteiger charge is -2.34. The summed E-state index contributed by atoms with van der Waals surface area (Å²) in [5, 5.41) is 14.9. The van der Waals surface area contributed by atoms with Crippen LogP contribution in [-0.2, 0) is 0 Å². The number of nitrogens with zero attached hydrogens (tertiary/aromatic N) is 1. The minimum atomic E-state index is -1.12. The quantitative estimate of drug-likeness (QED) is 0.431. The van der Waals surface area contributed by atoms with Gasteiger partial charge in [-0.3, -0.25) is 4.79 Å². The Balaban J connectivity index is 1.52. The smallest absolute Gasteiger partial charge is 0.405 e. The Bertz CT molecular complexity index is 981. The molecular formula is C23H28ClFN4O4. The number of halogens is 2. The number of piperidine rings is 1. The monoisotopic (exact) mass is 478 g/mol. The SMILES string of the molecule is COc1cc(N)c(Cl)cc1C(=O)NCC1CCN(CC(NC(=O)O)c2ccc(F)cc2)CC1. The number of anilines is 1. The van der Waals surface area contributed by atoms with Gasteiger partial charge in [-0.25, -0.2) is 9.18 Å². The number of methoxy groups -OCH3 is 1. The summed E-state index contributed by atoms with van der Waals surface area (Å²) in [4.78, 5) is 26.0. The number of rotatable bonds is 8. The van der Waals surface area contributed by atoms with E-state index < -0.39 is 12.1 Å². The highest BCUT2D eigenvalue weighted by molar-refractivity contribution is 6.33. The molecule has 0 bridgehead atoms. The maximum atomic E-state index is 13.2. The van der Waals surface area contributed by atoms with Gasteiger partial charge in [0.2, 0.25) is 0 Å². The van der Waals surface area contributed by atoms with Crippen LogP contribution in [0.4, 0.5) is 14.9 Å². The molecule has 0 radical (unpaired) electrons. The molecule has 1 fully saturated rings. The summed E-state index contributed by atoms with van der Waals surface area (Å²) in [6.07, 6.45) is 0.576. The summed E-state index contributed by atoms with van der Waals surface area (Å²) in [5.74, 6) is 0.00639. The fraction of sp³-hybridized carbons (Fsp3) is 0.391. The van der Waals surface area contributed by atoms with Crippen molar-refractivity contribution < 1.29 is 23.8 Å². The molecule has 178 valence electrons. The van der Waals surface area contributed by atoms with Crippen molar-refractivity contribution in [1.29, 1.82) is 0 Å². The zero-order valence-corrected chi connectivity index (χ0v) is 19.1. The van der Waals surface area contributed by atoms with Crippen LogP contribution < -0.4 is 21.1 Å². The van der Waals surface area contributed by atoms with Crippen LogP contribution in [0.5, 0.6) is 5.75 Å². The van der Waals surface area contributed by atoms with Gasteiger partial charge in [0.25, 0.3) is 5.91 Å². The van der Waals surface area contributed by atoms with Crippen LogP contribution in [-0.4, -0.2) is 55.3 Å². The zero-order chi connectivity index (χ0) is 24.0. The van der Waals surface area contributed by atoms with Crippen LogP contribution in [0.2, 0.25) is 5.02 Å². The number of carboxylic acid groups (broad SMARTS) is 1. The molecule has 1 saturated heterocycles. The van der Waals surface area contributed by atoms with Gasteiger partial charge in [-0.1, -0.05) is 23.7 Å². The van der Waals surface area contributed by atoms with E-state index in [0.29, 0.717) is 40.7 Å². The number of carbonyl (C=O) groups excluding carboxylic acids is 1. The summed E-state index contributed by atoms with van der Waals surface area (Å²) in [6, 6.07) is 8.40. The highest BCUT2D eigenvalue weighted by Gasteiger charge is 2.24. The molecule has 0 aliphatic carbocycles. The van der Waals surface area contributed by atoms with Crippen LogP contribution in [0.25, 0.3) is 0 Å². The third kappa shape index (κ3) is 6.72. The van der Waals surface area contributed by atoms with Crippen LogP contribution >= 0.6 is 11.6 Å². The normalized spacial score (nSPS) is 15.6. The first kappa shape index (κ1) is 24.6. The van der Waals surface area contributed by atoms with Gasteiger partial charge in [0.05, 0.1) is 29.4 Å². The van der Waals surface area contributed by atoms with Gasteiger partial charge in [0, 0.05) is 19.2 Å². The Morgan fingerprint density at radius 3 is 2.55 bits per heavy atom. The summed E-state index contributed by atoms with van der Waals surface area (Å²) in [6.45, 7) is 2.51. The number of likely N-dealkylation sites (tertiary alicyclic amines) is 1. The molecule has 0 aromatic heterocycles. The van der Waals surface area contributed by atoms with Crippen LogP contribution in [0.3, 0.4) is 0 Å². The molecule has 2 amide bonds. The van der Waals surface area contributed by atoms with Crippen LogP contribution in [0.15, 0.2) is 36.4 Å². The number of benzene rings is 2. The van der Waals surface area contributed by atoms with Crippen molar-refractivity contribution in [2.75, 3.05) is 39.0 Å². The predicted molar refractivity (Wildman–Crippen MR) is 124 cm³/mol. The molecule has 1 atom stereocenters. The van der Waals surface area contributed by atoms with Gasteiger partial charge >= 0.3 is 6.09 Å². The lowest BCUT2D eigenvalue weighted by molar-refractivity contribution is 0.0932. The first-order chi connectivity index (χ1) is 15.8. The van der Waals surface area contributed by atoms with Crippen molar-refractivity contribution in [2.45, 2.75) is 18.9 Å². The molecule has 3 rings (SSSR count). The number of nitrogen functional groups attached to an aromatic ring is 1. The molecule has 8 nitrogen and oxygen atoms in total. The molecule has 2 aromatic rings. The second kappa shape index (κ2) is 11.2. The molecule has 1 unspecified atom stereocenters. The van der Waals surface area contributed by atoms with Crippen molar-refractivity contribution in [3.05, 3.63) is 58.4 Å². The first-order valence-corrected chi connectivity index (χ1v) is 11.0. The third-order valence-corrected chi connectivity index (χ3v) is 6.16. The maximum absolute atomic E-state index is 13.2. The van der Waals surface area contributed by atoms with Crippen molar-refractivity contribution >= 4 is 29.3 Å². The van der Waals surface area contributed by atoms with E-state index in [2.05, 4.69) is 15.5 Å². The largest absolute Gasteiger partial charge is 0.496 e. The van der Waals surface area contributed by atoms with E-state index in [4.69, 9.17) is 22.1 Å². The van der Waals surface area contributed by atoms with E-state index >= 15 is 0 Å². The van der Waals surface area contributed by atoms with Gasteiger partial charge in [-0.2, -0.15) is 0 Å². The first-order valence-electron chi connectivity index (χ1n) is 10.6. The third-order valence-electron chi connectivity index (χ3n) is 5.83. The Hall–Kier alpha value is -3.04. The lowest BCUT2D eigenvalue weighted by atomic mass is 9.95. The molecular weight excluding hydrogens is 451 g/mol. The predicted octanol–water partition coefficient (Wildman–Crippen LogP) is 3.52. The molecule has 1 aliphatic rings. The molecule has 1 aliphatic heterocycles. The number of nitrogens with two attached hydrogens (primary N) is 1. The number of nitrogens with one attached hydrogen (secondary N) is 2. The average molecular weight is 479 g/mol. The molecule has 0 spiro atoms. The number of ether oxygens (including phenoxy) is 1. The van der Waals surface area contributed by atoms with Crippen molar-refractivity contribution in [2.24, 2.45) is 5.92 Å². The van der Waals surface area contributed by atoms with Gasteiger partial charge in [-0.15, -0.1) is 0 Å². The maximum Gasteiger partial charge on any atom is 0.405 e. The Morgan fingerprint density at radius 1 is 1.27 bits per heavy atom. The number of carbonyl (C=O) groups is 2. The van der Waals surface area contributed by atoms with Crippen molar-refractivity contribution in [3.8, 4) is 5.75 Å². The number of hydrogen-bond acceptors (Lipinski definition) is 5. The Kier molecular flexibility index (Phi) is 8.35. The minimum Gasteiger partial charge on any atom is -0.496 e. The van der Waals surface area contributed by atoms with Gasteiger partial charge in [0.15, 0.2) is 0 Å². The second-order valence-electron chi connectivity index (χ2n) is 8.08. The molecule has 1 heterocycles. The minimum absolute atomic E-state index is 0.279. The Morgan fingerprint density at radius 2 is 1.94 bits per heavy atom. The summed E-state index contributed by atoms with van der Waals surface area (Å²) < 4.78 is 18.5. The number of hydrogen-bond donors (Lipinski definition) is 4. The van der Waals surface area contributed by atoms with Crippen molar-refractivity contribution in [3.63, 3.8) is 0 Å². The highest BCUT2D eigenvalue weighted by atomic mass is 35.5. The molecule has 0 saturated carbocycles. The van der Waals surface area contributed by atoms with Gasteiger partial charge in [0.1, 0.15) is 11.6 Å².